The first-order valence-corrected chi connectivity index (χ1v) is 7.20. The lowest BCUT2D eigenvalue weighted by Crippen LogP contribution is -2.04. The topological polar surface area (TPSA) is 12.0 Å². The van der Waals surface area contributed by atoms with Crippen LogP contribution in [0.25, 0.3) is 0 Å². The van der Waals surface area contributed by atoms with Crippen LogP contribution in [0.2, 0.25) is 0 Å². The van der Waals surface area contributed by atoms with E-state index < -0.39 is 0 Å². The summed E-state index contributed by atoms with van der Waals surface area (Å²) in [5, 5.41) is 3.50. The fourth-order valence-corrected chi connectivity index (χ4v) is 2.82. The standard InChI is InChI=1S/C16H18IN/c1-11-7-12(2)16(13(3)8-11)10-18-15-6-4-5-14(17)9-15/h4-9,18H,10H2,1-3H3. The van der Waals surface area contributed by atoms with Crippen molar-refractivity contribution in [2.24, 2.45) is 0 Å². The number of benzene rings is 2. The predicted octanol–water partition coefficient (Wildman–Crippen LogP) is 4.83. The van der Waals surface area contributed by atoms with Crippen molar-refractivity contribution in [2.75, 3.05) is 5.32 Å². The Bertz CT molecular complexity index is 538. The van der Waals surface area contributed by atoms with Crippen LogP contribution in [0.1, 0.15) is 22.3 Å². The van der Waals surface area contributed by atoms with E-state index in [-0.39, 0.29) is 0 Å². The molecule has 0 fully saturated rings. The van der Waals surface area contributed by atoms with Crippen LogP contribution in [-0.2, 0) is 6.54 Å². The summed E-state index contributed by atoms with van der Waals surface area (Å²) in [5.41, 5.74) is 6.65. The first kappa shape index (κ1) is 13.4. The van der Waals surface area contributed by atoms with Gasteiger partial charge in [0.15, 0.2) is 0 Å². The van der Waals surface area contributed by atoms with Crippen molar-refractivity contribution in [3.8, 4) is 0 Å². The van der Waals surface area contributed by atoms with Crippen LogP contribution in [0.15, 0.2) is 36.4 Å². The van der Waals surface area contributed by atoms with Gasteiger partial charge in [-0.1, -0.05) is 23.8 Å². The summed E-state index contributed by atoms with van der Waals surface area (Å²) in [4.78, 5) is 0. The second-order valence-corrected chi connectivity index (χ2v) is 5.99. The van der Waals surface area contributed by atoms with Gasteiger partial charge in [-0.3, -0.25) is 0 Å². The average Bonchev–Trinajstić information content (AvgIpc) is 2.27. The number of anilines is 1. The minimum Gasteiger partial charge on any atom is -0.381 e. The molecule has 2 heteroatoms. The number of aryl methyl sites for hydroxylation is 3. The molecule has 2 aromatic rings. The van der Waals surface area contributed by atoms with Crippen LogP contribution in [0, 0.1) is 24.3 Å². The van der Waals surface area contributed by atoms with E-state index in [1.54, 1.807) is 0 Å². The molecule has 94 valence electrons. The fourth-order valence-electron chi connectivity index (χ4n) is 2.28. The number of hydrogen-bond donors (Lipinski definition) is 1. The minimum atomic E-state index is 0.887. The van der Waals surface area contributed by atoms with Gasteiger partial charge in [0.2, 0.25) is 0 Å². The van der Waals surface area contributed by atoms with Crippen LogP contribution in [0.4, 0.5) is 5.69 Å². The maximum atomic E-state index is 3.50. The van der Waals surface area contributed by atoms with Crippen molar-refractivity contribution in [3.63, 3.8) is 0 Å². The number of hydrogen-bond acceptors (Lipinski definition) is 1. The third kappa shape index (κ3) is 3.25. The Hall–Kier alpha value is -1.03. The molecular weight excluding hydrogens is 333 g/mol. The number of rotatable bonds is 3. The smallest absolute Gasteiger partial charge is 0.0406 e. The van der Waals surface area contributed by atoms with Crippen molar-refractivity contribution in [1.82, 2.24) is 0 Å². The Morgan fingerprint density at radius 1 is 1.00 bits per heavy atom. The molecule has 1 nitrogen and oxygen atoms in total. The van der Waals surface area contributed by atoms with E-state index in [0.29, 0.717) is 0 Å². The zero-order valence-electron chi connectivity index (χ0n) is 11.0. The lowest BCUT2D eigenvalue weighted by Gasteiger charge is -2.13. The van der Waals surface area contributed by atoms with Crippen LogP contribution >= 0.6 is 22.6 Å². The average molecular weight is 351 g/mol. The van der Waals surface area contributed by atoms with Crippen LogP contribution in [0.3, 0.4) is 0 Å². The molecule has 0 aliphatic rings. The molecule has 0 bridgehead atoms. The molecule has 2 rings (SSSR count). The second-order valence-electron chi connectivity index (χ2n) is 4.74. The van der Waals surface area contributed by atoms with Crippen LogP contribution in [-0.4, -0.2) is 0 Å². The van der Waals surface area contributed by atoms with Gasteiger partial charge in [0.05, 0.1) is 0 Å². The number of halogens is 1. The Labute approximate surface area is 123 Å². The van der Waals surface area contributed by atoms with Gasteiger partial charge < -0.3 is 5.32 Å². The quantitative estimate of drug-likeness (QED) is 0.781. The summed E-state index contributed by atoms with van der Waals surface area (Å²) in [5.74, 6) is 0. The van der Waals surface area contributed by atoms with E-state index in [1.165, 1.54) is 31.5 Å². The molecular formula is C16H18IN. The molecule has 0 amide bonds. The van der Waals surface area contributed by atoms with Crippen LogP contribution in [0.5, 0.6) is 0 Å². The van der Waals surface area contributed by atoms with Crippen molar-refractivity contribution in [3.05, 3.63) is 62.2 Å². The summed E-state index contributed by atoms with van der Waals surface area (Å²) in [6.45, 7) is 7.41. The molecule has 2 aromatic carbocycles. The largest absolute Gasteiger partial charge is 0.381 e. The van der Waals surface area contributed by atoms with Gasteiger partial charge in [-0.2, -0.15) is 0 Å². The number of nitrogens with one attached hydrogen (secondary N) is 1. The summed E-state index contributed by atoms with van der Waals surface area (Å²) < 4.78 is 1.26. The molecule has 0 aliphatic carbocycles. The molecule has 18 heavy (non-hydrogen) atoms. The third-order valence-electron chi connectivity index (χ3n) is 3.13. The van der Waals surface area contributed by atoms with E-state index >= 15 is 0 Å². The Morgan fingerprint density at radius 2 is 1.67 bits per heavy atom. The molecule has 0 heterocycles. The Balaban J connectivity index is 2.16. The zero-order valence-corrected chi connectivity index (χ0v) is 13.2. The molecule has 0 spiro atoms. The molecule has 0 saturated heterocycles. The highest BCUT2D eigenvalue weighted by molar-refractivity contribution is 14.1. The minimum absolute atomic E-state index is 0.887. The van der Waals surface area contributed by atoms with Gasteiger partial charge >= 0.3 is 0 Å². The Kier molecular flexibility index (Phi) is 4.27. The Morgan fingerprint density at radius 3 is 2.28 bits per heavy atom. The molecule has 0 radical (unpaired) electrons. The van der Waals surface area contributed by atoms with Crippen molar-refractivity contribution in [2.45, 2.75) is 27.3 Å². The van der Waals surface area contributed by atoms with Gasteiger partial charge in [-0.15, -0.1) is 0 Å². The lowest BCUT2D eigenvalue weighted by atomic mass is 10.00. The molecule has 1 N–H and O–H groups in total. The summed E-state index contributed by atoms with van der Waals surface area (Å²) >= 11 is 2.34. The van der Waals surface area contributed by atoms with E-state index in [2.05, 4.69) is 85.1 Å². The molecule has 0 unspecified atom stereocenters. The van der Waals surface area contributed by atoms with E-state index in [0.717, 1.165) is 6.54 Å². The van der Waals surface area contributed by atoms with Crippen molar-refractivity contribution >= 4 is 28.3 Å². The second kappa shape index (κ2) is 5.74. The molecule has 0 aliphatic heterocycles. The zero-order chi connectivity index (χ0) is 13.1. The fraction of sp³-hybridized carbons (Fsp3) is 0.250. The van der Waals surface area contributed by atoms with Crippen molar-refractivity contribution < 1.29 is 0 Å². The monoisotopic (exact) mass is 351 g/mol. The van der Waals surface area contributed by atoms with E-state index in [4.69, 9.17) is 0 Å². The summed E-state index contributed by atoms with van der Waals surface area (Å²) in [6, 6.07) is 13.0. The van der Waals surface area contributed by atoms with E-state index in [1.807, 2.05) is 0 Å². The lowest BCUT2D eigenvalue weighted by molar-refractivity contribution is 1.08. The van der Waals surface area contributed by atoms with Crippen LogP contribution < -0.4 is 5.32 Å². The summed E-state index contributed by atoms with van der Waals surface area (Å²) in [7, 11) is 0. The van der Waals surface area contributed by atoms with Gasteiger partial charge in [0.1, 0.15) is 0 Å². The summed E-state index contributed by atoms with van der Waals surface area (Å²) in [6.07, 6.45) is 0. The third-order valence-corrected chi connectivity index (χ3v) is 3.81. The first-order chi connectivity index (χ1) is 8.56. The van der Waals surface area contributed by atoms with E-state index in [9.17, 15) is 0 Å². The van der Waals surface area contributed by atoms with Gasteiger partial charge in [0, 0.05) is 15.8 Å². The first-order valence-electron chi connectivity index (χ1n) is 6.12. The SMILES string of the molecule is Cc1cc(C)c(CNc2cccc(I)c2)c(C)c1. The predicted molar refractivity (Wildman–Crippen MR) is 87.1 cm³/mol. The molecule has 0 saturated carbocycles. The maximum absolute atomic E-state index is 3.50. The maximum Gasteiger partial charge on any atom is 0.0406 e. The molecule has 0 atom stereocenters. The highest BCUT2D eigenvalue weighted by Gasteiger charge is 2.03. The van der Waals surface area contributed by atoms with Gasteiger partial charge in [-0.05, 0) is 78.3 Å². The highest BCUT2D eigenvalue weighted by atomic mass is 127. The van der Waals surface area contributed by atoms with Gasteiger partial charge in [-0.25, -0.2) is 0 Å². The normalized spacial score (nSPS) is 10.4. The van der Waals surface area contributed by atoms with Crippen molar-refractivity contribution in [1.29, 1.82) is 0 Å². The highest BCUT2D eigenvalue weighted by Crippen LogP contribution is 2.19. The van der Waals surface area contributed by atoms with Gasteiger partial charge in [0.25, 0.3) is 0 Å². The molecule has 0 aromatic heterocycles.